The molecule has 108 valence electrons. The first kappa shape index (κ1) is 13.4. The zero-order chi connectivity index (χ0) is 15.0. The van der Waals surface area contributed by atoms with E-state index in [0.717, 1.165) is 10.6 Å². The quantitative estimate of drug-likeness (QED) is 0.834. The Balaban J connectivity index is 1.76. The van der Waals surface area contributed by atoms with Crippen molar-refractivity contribution < 1.29 is 19.1 Å². The number of aliphatic hydroxyl groups excluding tert-OH is 1. The second-order valence-corrected chi connectivity index (χ2v) is 4.81. The first-order valence-electron chi connectivity index (χ1n) is 6.49. The first-order valence-corrected chi connectivity index (χ1v) is 6.49. The number of nitrogens with one attached hydrogen (secondary N) is 1. The van der Waals surface area contributed by atoms with E-state index in [0.29, 0.717) is 29.2 Å². The standard InChI is InChI=1S/C15H14N2O4/c1-17-14(19)12-5-2-9(6-13(12)15(17)20)16-7-10-3-4-11(8-18)21-10/h2-6,16,18H,7-8H2,1H3. The molecule has 2 N–H and O–H groups in total. The van der Waals surface area contributed by atoms with Crippen molar-refractivity contribution in [2.75, 3.05) is 12.4 Å². The molecule has 6 heteroatoms. The number of amides is 2. The highest BCUT2D eigenvalue weighted by Crippen LogP contribution is 2.25. The molecule has 0 unspecified atom stereocenters. The average molecular weight is 286 g/mol. The lowest BCUT2D eigenvalue weighted by Crippen LogP contribution is -2.24. The van der Waals surface area contributed by atoms with Crippen molar-refractivity contribution in [1.29, 1.82) is 0 Å². The van der Waals surface area contributed by atoms with Crippen LogP contribution in [0.25, 0.3) is 0 Å². The van der Waals surface area contributed by atoms with Gasteiger partial charge in [0.25, 0.3) is 11.8 Å². The van der Waals surface area contributed by atoms with Crippen molar-refractivity contribution in [3.8, 4) is 0 Å². The summed E-state index contributed by atoms with van der Waals surface area (Å²) in [6.45, 7) is 0.290. The fourth-order valence-electron chi connectivity index (χ4n) is 2.26. The third-order valence-corrected chi connectivity index (χ3v) is 3.43. The Morgan fingerprint density at radius 1 is 1.10 bits per heavy atom. The first-order chi connectivity index (χ1) is 10.1. The molecule has 0 saturated carbocycles. The summed E-state index contributed by atoms with van der Waals surface area (Å²) in [5, 5.41) is 12.1. The fraction of sp³-hybridized carbons (Fsp3) is 0.200. The van der Waals surface area contributed by atoms with Crippen LogP contribution in [-0.2, 0) is 13.2 Å². The van der Waals surface area contributed by atoms with E-state index in [1.165, 1.54) is 7.05 Å². The summed E-state index contributed by atoms with van der Waals surface area (Å²) >= 11 is 0. The van der Waals surface area contributed by atoms with E-state index >= 15 is 0 Å². The number of hydrogen-bond acceptors (Lipinski definition) is 5. The van der Waals surface area contributed by atoms with Gasteiger partial charge < -0.3 is 14.8 Å². The van der Waals surface area contributed by atoms with Crippen molar-refractivity contribution in [3.05, 3.63) is 53.0 Å². The summed E-state index contributed by atoms with van der Waals surface area (Å²) in [4.78, 5) is 24.8. The van der Waals surface area contributed by atoms with Gasteiger partial charge in [-0.2, -0.15) is 0 Å². The zero-order valence-electron chi connectivity index (χ0n) is 11.4. The summed E-state index contributed by atoms with van der Waals surface area (Å²) in [6, 6.07) is 8.53. The highest BCUT2D eigenvalue weighted by Gasteiger charge is 2.32. The molecule has 2 amide bonds. The van der Waals surface area contributed by atoms with Crippen LogP contribution in [0.15, 0.2) is 34.7 Å². The number of anilines is 1. The minimum atomic E-state index is -0.292. The number of nitrogens with zero attached hydrogens (tertiary/aromatic N) is 1. The van der Waals surface area contributed by atoms with Gasteiger partial charge >= 0.3 is 0 Å². The Morgan fingerprint density at radius 2 is 1.81 bits per heavy atom. The van der Waals surface area contributed by atoms with Crippen LogP contribution in [0.2, 0.25) is 0 Å². The van der Waals surface area contributed by atoms with E-state index in [1.807, 2.05) is 0 Å². The van der Waals surface area contributed by atoms with Gasteiger partial charge in [0.05, 0.1) is 17.7 Å². The molecule has 0 spiro atoms. The van der Waals surface area contributed by atoms with E-state index < -0.39 is 0 Å². The van der Waals surface area contributed by atoms with Gasteiger partial charge in [0.2, 0.25) is 0 Å². The lowest BCUT2D eigenvalue weighted by molar-refractivity contribution is 0.0693. The molecule has 1 aliphatic rings. The summed E-state index contributed by atoms with van der Waals surface area (Å²) in [6.07, 6.45) is 0. The molecule has 0 aliphatic carbocycles. The van der Waals surface area contributed by atoms with Gasteiger partial charge in [-0.05, 0) is 30.3 Å². The van der Waals surface area contributed by atoms with Crippen LogP contribution in [0.1, 0.15) is 32.2 Å². The number of imide groups is 1. The van der Waals surface area contributed by atoms with Gasteiger partial charge in [-0.3, -0.25) is 14.5 Å². The van der Waals surface area contributed by atoms with Crippen LogP contribution in [0.4, 0.5) is 5.69 Å². The fourth-order valence-corrected chi connectivity index (χ4v) is 2.26. The monoisotopic (exact) mass is 286 g/mol. The molecule has 6 nitrogen and oxygen atoms in total. The molecule has 1 aliphatic heterocycles. The predicted octanol–water partition coefficient (Wildman–Crippen LogP) is 1.61. The molecule has 1 aromatic carbocycles. The molecule has 2 aromatic rings. The molecular formula is C15H14N2O4. The van der Waals surface area contributed by atoms with Crippen molar-refractivity contribution in [1.82, 2.24) is 4.90 Å². The minimum absolute atomic E-state index is 0.137. The lowest BCUT2D eigenvalue weighted by atomic mass is 10.1. The maximum atomic E-state index is 11.9. The summed E-state index contributed by atoms with van der Waals surface area (Å²) in [5.74, 6) is 0.613. The summed E-state index contributed by atoms with van der Waals surface area (Å²) in [5.41, 5.74) is 1.56. The molecule has 3 rings (SSSR count). The third kappa shape index (κ3) is 2.30. The van der Waals surface area contributed by atoms with Crippen LogP contribution in [0, 0.1) is 0 Å². The maximum absolute atomic E-state index is 11.9. The average Bonchev–Trinajstić information content (AvgIpc) is 3.05. The molecule has 1 aromatic heterocycles. The van der Waals surface area contributed by atoms with Crippen LogP contribution in [0.5, 0.6) is 0 Å². The van der Waals surface area contributed by atoms with Gasteiger partial charge in [-0.25, -0.2) is 0 Å². The molecular weight excluding hydrogens is 272 g/mol. The van der Waals surface area contributed by atoms with Crippen LogP contribution in [0.3, 0.4) is 0 Å². The van der Waals surface area contributed by atoms with E-state index in [-0.39, 0.29) is 18.4 Å². The molecule has 0 bridgehead atoms. The molecule has 0 fully saturated rings. The topological polar surface area (TPSA) is 82.8 Å². The Labute approximate surface area is 121 Å². The minimum Gasteiger partial charge on any atom is -0.462 e. The number of carbonyl (C=O) groups is 2. The second kappa shape index (κ2) is 5.06. The van der Waals surface area contributed by atoms with Gasteiger partial charge in [0.15, 0.2) is 0 Å². The third-order valence-electron chi connectivity index (χ3n) is 3.43. The normalized spacial score (nSPS) is 13.7. The van der Waals surface area contributed by atoms with E-state index in [2.05, 4.69) is 5.32 Å². The Bertz CT molecular complexity index is 720. The Kier molecular flexibility index (Phi) is 3.23. The van der Waals surface area contributed by atoms with Crippen LogP contribution >= 0.6 is 0 Å². The predicted molar refractivity (Wildman–Crippen MR) is 74.8 cm³/mol. The van der Waals surface area contributed by atoms with Gasteiger partial charge in [-0.15, -0.1) is 0 Å². The number of benzene rings is 1. The summed E-state index contributed by atoms with van der Waals surface area (Å²) < 4.78 is 5.36. The Hall–Kier alpha value is -2.60. The highest BCUT2D eigenvalue weighted by molar-refractivity contribution is 6.21. The van der Waals surface area contributed by atoms with E-state index in [1.54, 1.807) is 30.3 Å². The molecule has 21 heavy (non-hydrogen) atoms. The Morgan fingerprint density at radius 3 is 2.52 bits per heavy atom. The molecule has 0 saturated heterocycles. The number of fused-ring (bicyclic) bond motifs is 1. The molecule has 2 heterocycles. The van der Waals surface area contributed by atoms with E-state index in [4.69, 9.17) is 9.52 Å². The van der Waals surface area contributed by atoms with Gasteiger partial charge in [0, 0.05) is 12.7 Å². The zero-order valence-corrected chi connectivity index (χ0v) is 11.4. The van der Waals surface area contributed by atoms with Crippen LogP contribution in [-0.4, -0.2) is 28.9 Å². The largest absolute Gasteiger partial charge is 0.462 e. The van der Waals surface area contributed by atoms with E-state index in [9.17, 15) is 9.59 Å². The maximum Gasteiger partial charge on any atom is 0.261 e. The summed E-state index contributed by atoms with van der Waals surface area (Å²) in [7, 11) is 1.47. The number of furan rings is 1. The number of carbonyl (C=O) groups excluding carboxylic acids is 2. The second-order valence-electron chi connectivity index (χ2n) is 4.81. The smallest absolute Gasteiger partial charge is 0.261 e. The SMILES string of the molecule is CN1C(=O)c2ccc(NCc3ccc(CO)o3)cc2C1=O. The van der Waals surface area contributed by atoms with Crippen LogP contribution < -0.4 is 5.32 Å². The number of hydrogen-bond donors (Lipinski definition) is 2. The van der Waals surface area contributed by atoms with Crippen molar-refractivity contribution in [2.24, 2.45) is 0 Å². The number of rotatable bonds is 4. The molecule has 0 atom stereocenters. The number of aliphatic hydroxyl groups is 1. The van der Waals surface area contributed by atoms with Crippen molar-refractivity contribution in [3.63, 3.8) is 0 Å². The lowest BCUT2D eigenvalue weighted by Gasteiger charge is -2.05. The van der Waals surface area contributed by atoms with Crippen molar-refractivity contribution in [2.45, 2.75) is 13.2 Å². The van der Waals surface area contributed by atoms with Gasteiger partial charge in [-0.1, -0.05) is 0 Å². The van der Waals surface area contributed by atoms with Gasteiger partial charge in [0.1, 0.15) is 18.1 Å². The van der Waals surface area contributed by atoms with Crippen molar-refractivity contribution >= 4 is 17.5 Å². The highest BCUT2D eigenvalue weighted by atomic mass is 16.4. The molecule has 0 radical (unpaired) electrons.